The van der Waals surface area contributed by atoms with E-state index in [9.17, 15) is 9.59 Å². The number of nitrogens with zero attached hydrogens (tertiary/aromatic N) is 1. The van der Waals surface area contributed by atoms with Gasteiger partial charge in [0.1, 0.15) is 0 Å². The SMILES string of the molecule is CC(C)C1CC(N(CC(=O)O)CC(=O)O)C1. The quantitative estimate of drug-likeness (QED) is 0.707. The topological polar surface area (TPSA) is 77.8 Å². The number of carboxylic acid groups (broad SMARTS) is 2. The Morgan fingerprint density at radius 1 is 1.19 bits per heavy atom. The van der Waals surface area contributed by atoms with E-state index in [0.29, 0.717) is 11.8 Å². The van der Waals surface area contributed by atoms with Crippen molar-refractivity contribution < 1.29 is 19.8 Å². The average Bonchev–Trinajstić information content (AvgIpc) is 1.96. The van der Waals surface area contributed by atoms with Crippen LogP contribution in [0.3, 0.4) is 0 Å². The van der Waals surface area contributed by atoms with Gasteiger partial charge in [-0.15, -0.1) is 0 Å². The average molecular weight is 229 g/mol. The molecule has 2 N–H and O–H groups in total. The van der Waals surface area contributed by atoms with Gasteiger partial charge in [0.15, 0.2) is 0 Å². The largest absolute Gasteiger partial charge is 0.480 e. The number of carbonyl (C=O) groups is 2. The van der Waals surface area contributed by atoms with E-state index in [1.54, 1.807) is 4.90 Å². The number of aliphatic carboxylic acids is 2. The summed E-state index contributed by atoms with van der Waals surface area (Å²) in [7, 11) is 0. The van der Waals surface area contributed by atoms with Gasteiger partial charge in [-0.3, -0.25) is 14.5 Å². The highest BCUT2D eigenvalue weighted by Gasteiger charge is 2.36. The normalized spacial score (nSPS) is 24.5. The second-order valence-corrected chi connectivity index (χ2v) is 4.82. The Morgan fingerprint density at radius 2 is 1.62 bits per heavy atom. The van der Waals surface area contributed by atoms with Crippen molar-refractivity contribution >= 4 is 11.9 Å². The van der Waals surface area contributed by atoms with Gasteiger partial charge in [-0.25, -0.2) is 0 Å². The van der Waals surface area contributed by atoms with E-state index in [-0.39, 0.29) is 19.1 Å². The fourth-order valence-corrected chi connectivity index (χ4v) is 2.13. The minimum absolute atomic E-state index is 0.125. The van der Waals surface area contributed by atoms with Crippen LogP contribution in [-0.2, 0) is 9.59 Å². The van der Waals surface area contributed by atoms with E-state index in [0.717, 1.165) is 12.8 Å². The molecule has 1 aliphatic carbocycles. The number of hydrogen-bond donors (Lipinski definition) is 2. The van der Waals surface area contributed by atoms with Crippen LogP contribution in [0.5, 0.6) is 0 Å². The van der Waals surface area contributed by atoms with Crippen molar-refractivity contribution in [1.29, 1.82) is 0 Å². The molecule has 0 aromatic heterocycles. The number of carboxylic acids is 2. The summed E-state index contributed by atoms with van der Waals surface area (Å²) in [4.78, 5) is 22.8. The summed E-state index contributed by atoms with van der Waals surface area (Å²) >= 11 is 0. The van der Waals surface area contributed by atoms with Crippen LogP contribution in [-0.4, -0.2) is 46.2 Å². The van der Waals surface area contributed by atoms with Crippen LogP contribution in [0.25, 0.3) is 0 Å². The molecular formula is C11H19NO4. The number of hydrogen-bond acceptors (Lipinski definition) is 3. The smallest absolute Gasteiger partial charge is 0.317 e. The lowest BCUT2D eigenvalue weighted by Crippen LogP contribution is -2.49. The van der Waals surface area contributed by atoms with Crippen molar-refractivity contribution in [2.45, 2.75) is 32.7 Å². The van der Waals surface area contributed by atoms with Gasteiger partial charge in [0.05, 0.1) is 13.1 Å². The summed E-state index contributed by atoms with van der Waals surface area (Å²) in [5.74, 6) is -0.730. The lowest BCUT2D eigenvalue weighted by Gasteiger charge is -2.43. The summed E-state index contributed by atoms with van der Waals surface area (Å²) in [5, 5.41) is 17.4. The van der Waals surface area contributed by atoms with Crippen molar-refractivity contribution in [3.05, 3.63) is 0 Å². The molecule has 1 aliphatic rings. The van der Waals surface area contributed by atoms with Crippen LogP contribution in [0.4, 0.5) is 0 Å². The van der Waals surface area contributed by atoms with E-state index in [2.05, 4.69) is 13.8 Å². The Hall–Kier alpha value is -1.10. The Morgan fingerprint density at radius 3 is 1.94 bits per heavy atom. The van der Waals surface area contributed by atoms with Crippen molar-refractivity contribution in [3.63, 3.8) is 0 Å². The first-order valence-electron chi connectivity index (χ1n) is 5.57. The molecule has 0 aliphatic heterocycles. The second kappa shape index (κ2) is 5.30. The first-order valence-corrected chi connectivity index (χ1v) is 5.57. The molecule has 0 aromatic carbocycles. The van der Waals surface area contributed by atoms with Crippen LogP contribution in [0.15, 0.2) is 0 Å². The lowest BCUT2D eigenvalue weighted by atomic mass is 9.73. The van der Waals surface area contributed by atoms with Crippen LogP contribution >= 0.6 is 0 Å². The van der Waals surface area contributed by atoms with Gasteiger partial charge >= 0.3 is 11.9 Å². The molecule has 0 heterocycles. The third kappa shape index (κ3) is 3.48. The molecular weight excluding hydrogens is 210 g/mol. The molecule has 5 heteroatoms. The standard InChI is InChI=1S/C11H19NO4/c1-7(2)8-3-9(4-8)12(5-10(13)14)6-11(15)16/h7-9H,3-6H2,1-2H3,(H,13,14)(H,15,16). The fourth-order valence-electron chi connectivity index (χ4n) is 2.13. The predicted octanol–water partition coefficient (Wildman–Crippen LogP) is 0.892. The summed E-state index contributed by atoms with van der Waals surface area (Å²) < 4.78 is 0. The molecule has 1 saturated carbocycles. The maximum atomic E-state index is 10.6. The third-order valence-corrected chi connectivity index (χ3v) is 3.29. The van der Waals surface area contributed by atoms with Gasteiger partial charge < -0.3 is 10.2 Å². The van der Waals surface area contributed by atoms with Crippen molar-refractivity contribution in [2.75, 3.05) is 13.1 Å². The molecule has 0 saturated heterocycles. The Kier molecular flexibility index (Phi) is 4.29. The minimum Gasteiger partial charge on any atom is -0.480 e. The zero-order valence-corrected chi connectivity index (χ0v) is 9.72. The minimum atomic E-state index is -0.964. The maximum absolute atomic E-state index is 10.6. The highest BCUT2D eigenvalue weighted by Crippen LogP contribution is 2.36. The molecule has 1 fully saturated rings. The Balaban J connectivity index is 2.45. The van der Waals surface area contributed by atoms with Gasteiger partial charge in [-0.05, 0) is 24.7 Å². The molecule has 1 rings (SSSR count). The predicted molar refractivity (Wildman–Crippen MR) is 58.2 cm³/mol. The van der Waals surface area contributed by atoms with Gasteiger partial charge in [-0.2, -0.15) is 0 Å². The molecule has 92 valence electrons. The summed E-state index contributed by atoms with van der Waals surface area (Å²) in [6, 6.07) is 0.125. The zero-order chi connectivity index (χ0) is 12.3. The molecule has 0 amide bonds. The molecule has 0 aromatic rings. The molecule has 0 unspecified atom stereocenters. The third-order valence-electron chi connectivity index (χ3n) is 3.29. The highest BCUT2D eigenvalue weighted by atomic mass is 16.4. The zero-order valence-electron chi connectivity index (χ0n) is 9.72. The fraction of sp³-hybridized carbons (Fsp3) is 0.818. The Labute approximate surface area is 95.1 Å². The Bertz CT molecular complexity index is 255. The molecule has 5 nitrogen and oxygen atoms in total. The van der Waals surface area contributed by atoms with E-state index < -0.39 is 11.9 Å². The van der Waals surface area contributed by atoms with Gasteiger partial charge in [0.25, 0.3) is 0 Å². The van der Waals surface area contributed by atoms with E-state index in [1.165, 1.54) is 0 Å². The first kappa shape index (κ1) is 13.0. The monoisotopic (exact) mass is 229 g/mol. The van der Waals surface area contributed by atoms with Crippen LogP contribution in [0, 0.1) is 11.8 Å². The summed E-state index contributed by atoms with van der Waals surface area (Å²) in [6.45, 7) is 3.92. The number of rotatable bonds is 6. The van der Waals surface area contributed by atoms with Gasteiger partial charge in [0.2, 0.25) is 0 Å². The summed E-state index contributed by atoms with van der Waals surface area (Å²) in [6.07, 6.45) is 1.83. The van der Waals surface area contributed by atoms with Crippen LogP contribution in [0.2, 0.25) is 0 Å². The lowest BCUT2D eigenvalue weighted by molar-refractivity contribution is -0.144. The van der Waals surface area contributed by atoms with E-state index >= 15 is 0 Å². The summed E-state index contributed by atoms with van der Waals surface area (Å²) in [5.41, 5.74) is 0. The van der Waals surface area contributed by atoms with E-state index in [1.807, 2.05) is 0 Å². The highest BCUT2D eigenvalue weighted by molar-refractivity contribution is 5.72. The molecule has 0 spiro atoms. The van der Waals surface area contributed by atoms with Gasteiger partial charge in [-0.1, -0.05) is 13.8 Å². The van der Waals surface area contributed by atoms with Crippen LogP contribution < -0.4 is 0 Å². The van der Waals surface area contributed by atoms with Crippen LogP contribution in [0.1, 0.15) is 26.7 Å². The molecule has 0 radical (unpaired) electrons. The van der Waals surface area contributed by atoms with Crippen molar-refractivity contribution in [1.82, 2.24) is 4.90 Å². The van der Waals surface area contributed by atoms with E-state index in [4.69, 9.17) is 10.2 Å². The van der Waals surface area contributed by atoms with Crippen molar-refractivity contribution in [2.24, 2.45) is 11.8 Å². The first-order chi connectivity index (χ1) is 7.40. The molecule has 0 bridgehead atoms. The molecule has 16 heavy (non-hydrogen) atoms. The van der Waals surface area contributed by atoms with Crippen molar-refractivity contribution in [3.8, 4) is 0 Å². The maximum Gasteiger partial charge on any atom is 0.317 e. The van der Waals surface area contributed by atoms with Gasteiger partial charge in [0, 0.05) is 6.04 Å². The molecule has 0 atom stereocenters. The second-order valence-electron chi connectivity index (χ2n) is 4.82.